The van der Waals surface area contributed by atoms with Gasteiger partial charge in [-0.05, 0) is 44.4 Å². The lowest BCUT2D eigenvalue weighted by Gasteiger charge is -2.15. The SMILES string of the molecule is Cc1cc(C)c(NC(=O)[C@H](C)Sc2nnc(Cc3ccccc3)o2)c(C)c1. The highest BCUT2D eigenvalue weighted by atomic mass is 32.2. The summed E-state index contributed by atoms with van der Waals surface area (Å²) in [7, 11) is 0. The largest absolute Gasteiger partial charge is 0.416 e. The Bertz CT molecular complexity index is 915. The molecule has 1 N–H and O–H groups in total. The van der Waals surface area contributed by atoms with Crippen LogP contribution in [0.25, 0.3) is 0 Å². The van der Waals surface area contributed by atoms with Crippen molar-refractivity contribution in [2.75, 3.05) is 5.32 Å². The molecule has 0 saturated heterocycles. The Morgan fingerprint density at radius 2 is 1.78 bits per heavy atom. The third kappa shape index (κ3) is 4.98. The van der Waals surface area contributed by atoms with E-state index in [1.165, 1.54) is 17.3 Å². The lowest BCUT2D eigenvalue weighted by atomic mass is 10.1. The number of amides is 1. The summed E-state index contributed by atoms with van der Waals surface area (Å²) >= 11 is 1.26. The summed E-state index contributed by atoms with van der Waals surface area (Å²) in [5, 5.41) is 11.2. The van der Waals surface area contributed by atoms with Crippen molar-refractivity contribution < 1.29 is 9.21 Å². The molecule has 1 aromatic heterocycles. The van der Waals surface area contributed by atoms with Crippen molar-refractivity contribution >= 4 is 23.4 Å². The van der Waals surface area contributed by atoms with E-state index in [0.717, 1.165) is 22.4 Å². The van der Waals surface area contributed by atoms with Crippen LogP contribution in [0.2, 0.25) is 0 Å². The van der Waals surface area contributed by atoms with Crippen molar-refractivity contribution in [2.45, 2.75) is 44.6 Å². The summed E-state index contributed by atoms with van der Waals surface area (Å²) in [6.07, 6.45) is 0.580. The van der Waals surface area contributed by atoms with E-state index in [1.54, 1.807) is 0 Å². The predicted octanol–water partition coefficient (Wildman–Crippen LogP) is 4.70. The molecule has 0 aliphatic heterocycles. The van der Waals surface area contributed by atoms with Gasteiger partial charge in [-0.1, -0.05) is 59.8 Å². The lowest BCUT2D eigenvalue weighted by Crippen LogP contribution is -2.23. The number of benzene rings is 2. The fourth-order valence-corrected chi connectivity index (χ4v) is 3.64. The molecule has 1 amide bonds. The number of aromatic nitrogens is 2. The van der Waals surface area contributed by atoms with Gasteiger partial charge in [0.1, 0.15) is 0 Å². The minimum Gasteiger partial charge on any atom is -0.416 e. The highest BCUT2D eigenvalue weighted by molar-refractivity contribution is 8.00. The highest BCUT2D eigenvalue weighted by Crippen LogP contribution is 2.26. The Morgan fingerprint density at radius 1 is 1.11 bits per heavy atom. The number of rotatable bonds is 6. The van der Waals surface area contributed by atoms with Crippen LogP contribution in [0.1, 0.15) is 35.1 Å². The maximum absolute atomic E-state index is 12.6. The first-order chi connectivity index (χ1) is 12.9. The quantitative estimate of drug-likeness (QED) is 0.627. The van der Waals surface area contributed by atoms with Gasteiger partial charge in [0.15, 0.2) is 0 Å². The van der Waals surface area contributed by atoms with E-state index in [2.05, 4.69) is 27.6 Å². The minimum atomic E-state index is -0.352. The predicted molar refractivity (Wildman–Crippen MR) is 108 cm³/mol. The summed E-state index contributed by atoms with van der Waals surface area (Å²) in [6.45, 7) is 7.88. The van der Waals surface area contributed by atoms with Gasteiger partial charge >= 0.3 is 0 Å². The number of hydrogen-bond acceptors (Lipinski definition) is 5. The molecule has 0 aliphatic rings. The zero-order chi connectivity index (χ0) is 19.4. The van der Waals surface area contributed by atoms with Gasteiger partial charge in [0.25, 0.3) is 5.22 Å². The summed E-state index contributed by atoms with van der Waals surface area (Å²) in [6, 6.07) is 14.1. The maximum Gasteiger partial charge on any atom is 0.277 e. The number of carbonyl (C=O) groups excluding carboxylic acids is 1. The Kier molecular flexibility index (Phi) is 5.96. The van der Waals surface area contributed by atoms with Gasteiger partial charge in [-0.2, -0.15) is 0 Å². The van der Waals surface area contributed by atoms with Crippen molar-refractivity contribution in [1.82, 2.24) is 10.2 Å². The zero-order valence-electron chi connectivity index (χ0n) is 15.9. The number of anilines is 1. The van der Waals surface area contributed by atoms with Crippen molar-refractivity contribution in [2.24, 2.45) is 0 Å². The fourth-order valence-electron chi connectivity index (χ4n) is 2.93. The van der Waals surface area contributed by atoms with E-state index in [1.807, 2.05) is 58.0 Å². The Morgan fingerprint density at radius 3 is 2.44 bits per heavy atom. The molecule has 0 spiro atoms. The van der Waals surface area contributed by atoms with Crippen molar-refractivity contribution in [3.63, 3.8) is 0 Å². The molecule has 2 aromatic carbocycles. The molecule has 3 rings (SSSR count). The van der Waals surface area contributed by atoms with E-state index in [4.69, 9.17) is 4.42 Å². The molecule has 1 atom stereocenters. The second kappa shape index (κ2) is 8.39. The van der Waals surface area contributed by atoms with Crippen LogP contribution in [-0.4, -0.2) is 21.4 Å². The summed E-state index contributed by atoms with van der Waals surface area (Å²) in [4.78, 5) is 12.6. The van der Waals surface area contributed by atoms with Crippen LogP contribution in [0.3, 0.4) is 0 Å². The Labute approximate surface area is 163 Å². The molecule has 140 valence electrons. The standard InChI is InChI=1S/C21H23N3O2S/c1-13-10-14(2)19(15(3)11-13)22-20(25)16(4)27-21-24-23-18(26-21)12-17-8-6-5-7-9-17/h5-11,16H,12H2,1-4H3,(H,22,25)/t16-/m0/s1. The second-order valence-electron chi connectivity index (χ2n) is 6.65. The van der Waals surface area contributed by atoms with E-state index in [-0.39, 0.29) is 11.2 Å². The first-order valence-electron chi connectivity index (χ1n) is 8.84. The molecule has 6 heteroatoms. The van der Waals surface area contributed by atoms with Gasteiger partial charge in [-0.15, -0.1) is 10.2 Å². The average Bonchev–Trinajstić information content (AvgIpc) is 3.05. The molecule has 3 aromatic rings. The first kappa shape index (κ1) is 19.2. The van der Waals surface area contributed by atoms with Gasteiger partial charge in [-0.25, -0.2) is 0 Å². The smallest absolute Gasteiger partial charge is 0.277 e. The normalized spacial score (nSPS) is 12.0. The maximum atomic E-state index is 12.6. The van der Waals surface area contributed by atoms with E-state index in [0.29, 0.717) is 17.5 Å². The van der Waals surface area contributed by atoms with E-state index in [9.17, 15) is 4.79 Å². The van der Waals surface area contributed by atoms with Crippen molar-refractivity contribution in [3.8, 4) is 0 Å². The summed E-state index contributed by atoms with van der Waals surface area (Å²) in [5.41, 5.74) is 5.27. The number of hydrogen-bond donors (Lipinski definition) is 1. The molecule has 27 heavy (non-hydrogen) atoms. The number of thioether (sulfide) groups is 1. The molecule has 1 heterocycles. The van der Waals surface area contributed by atoms with Crippen LogP contribution in [0.5, 0.6) is 0 Å². The molecule has 0 aliphatic carbocycles. The van der Waals surface area contributed by atoms with Crippen LogP contribution in [0.4, 0.5) is 5.69 Å². The van der Waals surface area contributed by atoms with Crippen LogP contribution in [0, 0.1) is 20.8 Å². The molecule has 5 nitrogen and oxygen atoms in total. The molecule has 0 unspecified atom stereocenters. The van der Waals surface area contributed by atoms with Gasteiger partial charge in [0, 0.05) is 5.69 Å². The molecular weight excluding hydrogens is 358 g/mol. The Balaban J connectivity index is 1.62. The summed E-state index contributed by atoms with van der Waals surface area (Å²) in [5.74, 6) is 0.458. The van der Waals surface area contributed by atoms with E-state index < -0.39 is 0 Å². The Hall–Kier alpha value is -2.60. The third-order valence-electron chi connectivity index (χ3n) is 4.22. The van der Waals surface area contributed by atoms with Gasteiger partial charge < -0.3 is 9.73 Å². The lowest BCUT2D eigenvalue weighted by molar-refractivity contribution is -0.115. The van der Waals surface area contributed by atoms with Crippen LogP contribution in [0.15, 0.2) is 52.1 Å². The molecule has 0 saturated carbocycles. The number of nitrogens with one attached hydrogen (secondary N) is 1. The zero-order valence-corrected chi connectivity index (χ0v) is 16.8. The number of carbonyl (C=O) groups is 1. The molecule has 0 fully saturated rings. The average molecular weight is 382 g/mol. The fraction of sp³-hybridized carbons (Fsp3) is 0.286. The van der Waals surface area contributed by atoms with E-state index >= 15 is 0 Å². The van der Waals surface area contributed by atoms with Gasteiger partial charge in [0.2, 0.25) is 11.8 Å². The monoisotopic (exact) mass is 381 g/mol. The van der Waals surface area contributed by atoms with Gasteiger partial charge in [-0.3, -0.25) is 4.79 Å². The van der Waals surface area contributed by atoms with Crippen LogP contribution < -0.4 is 5.32 Å². The first-order valence-corrected chi connectivity index (χ1v) is 9.72. The van der Waals surface area contributed by atoms with Crippen molar-refractivity contribution in [3.05, 3.63) is 70.6 Å². The summed E-state index contributed by atoms with van der Waals surface area (Å²) < 4.78 is 5.68. The topological polar surface area (TPSA) is 68.0 Å². The minimum absolute atomic E-state index is 0.0853. The second-order valence-corrected chi connectivity index (χ2v) is 7.94. The molecule has 0 radical (unpaired) electrons. The van der Waals surface area contributed by atoms with Crippen LogP contribution in [-0.2, 0) is 11.2 Å². The number of nitrogens with zero attached hydrogens (tertiary/aromatic N) is 2. The molecular formula is C21H23N3O2S. The highest BCUT2D eigenvalue weighted by Gasteiger charge is 2.20. The van der Waals surface area contributed by atoms with Gasteiger partial charge in [0.05, 0.1) is 11.7 Å². The van der Waals surface area contributed by atoms with Crippen molar-refractivity contribution in [1.29, 1.82) is 0 Å². The van der Waals surface area contributed by atoms with Crippen LogP contribution >= 0.6 is 11.8 Å². The third-order valence-corrected chi connectivity index (χ3v) is 5.15. The molecule has 0 bridgehead atoms. The number of aryl methyl sites for hydroxylation is 3.